The second-order valence-electron chi connectivity index (χ2n) is 5.62. The van der Waals surface area contributed by atoms with Crippen LogP contribution >= 0.6 is 0 Å². The lowest BCUT2D eigenvalue weighted by molar-refractivity contribution is -0.385. The molecule has 1 aliphatic rings. The molecule has 0 saturated carbocycles. The number of likely N-dealkylation sites (tertiary alicyclic amines) is 1. The summed E-state index contributed by atoms with van der Waals surface area (Å²) in [5, 5.41) is 14.3. The highest BCUT2D eigenvalue weighted by molar-refractivity contribution is 5.40. The van der Waals surface area contributed by atoms with Gasteiger partial charge in [-0.25, -0.2) is 4.39 Å². The first-order valence-corrected chi connectivity index (χ1v) is 6.78. The van der Waals surface area contributed by atoms with E-state index in [2.05, 4.69) is 17.1 Å². The summed E-state index contributed by atoms with van der Waals surface area (Å²) in [7, 11) is 1.95. The molecule has 2 rings (SSSR count). The Kier molecular flexibility index (Phi) is 4.35. The molecule has 110 valence electrons. The SMILES string of the molecule is CNC1(C)CCN(Cc2cc(F)ccc2[N+](=O)[O-])CC1. The van der Waals surface area contributed by atoms with Crippen LogP contribution in [0.15, 0.2) is 18.2 Å². The van der Waals surface area contributed by atoms with Crippen LogP contribution in [0, 0.1) is 15.9 Å². The van der Waals surface area contributed by atoms with Gasteiger partial charge in [0.05, 0.1) is 4.92 Å². The van der Waals surface area contributed by atoms with Crippen LogP contribution in [0.1, 0.15) is 25.3 Å². The number of nitro groups is 1. The zero-order valence-electron chi connectivity index (χ0n) is 11.9. The second kappa shape index (κ2) is 5.85. The van der Waals surface area contributed by atoms with Gasteiger partial charge in [-0.1, -0.05) is 0 Å². The van der Waals surface area contributed by atoms with Gasteiger partial charge in [0.2, 0.25) is 0 Å². The van der Waals surface area contributed by atoms with Gasteiger partial charge < -0.3 is 5.32 Å². The first-order chi connectivity index (χ1) is 9.43. The third-order valence-electron chi connectivity index (χ3n) is 4.20. The average Bonchev–Trinajstić information content (AvgIpc) is 2.41. The molecule has 0 bridgehead atoms. The molecule has 1 aromatic rings. The van der Waals surface area contributed by atoms with Crippen molar-refractivity contribution >= 4 is 5.69 Å². The Labute approximate surface area is 117 Å². The van der Waals surface area contributed by atoms with Crippen LogP contribution < -0.4 is 5.32 Å². The van der Waals surface area contributed by atoms with Gasteiger partial charge >= 0.3 is 0 Å². The Bertz CT molecular complexity index is 499. The summed E-state index contributed by atoms with van der Waals surface area (Å²) in [6, 6.07) is 3.65. The van der Waals surface area contributed by atoms with Crippen molar-refractivity contribution in [1.29, 1.82) is 0 Å². The first-order valence-electron chi connectivity index (χ1n) is 6.78. The summed E-state index contributed by atoms with van der Waals surface area (Å²) in [5.74, 6) is -0.428. The molecule has 0 spiro atoms. The Hall–Kier alpha value is -1.53. The van der Waals surface area contributed by atoms with Gasteiger partial charge in [-0.15, -0.1) is 0 Å². The quantitative estimate of drug-likeness (QED) is 0.679. The van der Waals surface area contributed by atoms with Crippen molar-refractivity contribution in [2.75, 3.05) is 20.1 Å². The first kappa shape index (κ1) is 14.9. The van der Waals surface area contributed by atoms with Gasteiger partial charge in [0.1, 0.15) is 5.82 Å². The van der Waals surface area contributed by atoms with Crippen LogP contribution in [0.25, 0.3) is 0 Å². The van der Waals surface area contributed by atoms with Gasteiger partial charge in [-0.2, -0.15) is 0 Å². The molecule has 1 fully saturated rings. The normalized spacial score (nSPS) is 18.9. The maximum atomic E-state index is 13.3. The zero-order valence-corrected chi connectivity index (χ0v) is 11.9. The summed E-state index contributed by atoms with van der Waals surface area (Å²) in [5.41, 5.74) is 0.570. The van der Waals surface area contributed by atoms with E-state index in [1.807, 2.05) is 7.05 Å². The molecule has 0 atom stereocenters. The average molecular weight is 281 g/mol. The van der Waals surface area contributed by atoms with E-state index in [0.717, 1.165) is 32.0 Å². The fourth-order valence-electron chi connectivity index (χ4n) is 2.55. The van der Waals surface area contributed by atoms with Crippen molar-refractivity contribution in [2.45, 2.75) is 31.8 Å². The Morgan fingerprint density at radius 2 is 2.10 bits per heavy atom. The number of nitro benzene ring substituents is 1. The minimum atomic E-state index is -0.448. The topological polar surface area (TPSA) is 58.4 Å². The van der Waals surface area contributed by atoms with Crippen molar-refractivity contribution < 1.29 is 9.31 Å². The van der Waals surface area contributed by atoms with Gasteiger partial charge in [0.25, 0.3) is 5.69 Å². The van der Waals surface area contributed by atoms with Crippen molar-refractivity contribution in [3.63, 3.8) is 0 Å². The van der Waals surface area contributed by atoms with Crippen LogP contribution in [-0.4, -0.2) is 35.5 Å². The lowest BCUT2D eigenvalue weighted by atomic mass is 9.89. The number of hydrogen-bond acceptors (Lipinski definition) is 4. The monoisotopic (exact) mass is 281 g/mol. The molecule has 0 aliphatic carbocycles. The molecular formula is C14H20FN3O2. The largest absolute Gasteiger partial charge is 0.314 e. The number of halogens is 1. The number of piperidine rings is 1. The molecule has 0 amide bonds. The molecule has 0 unspecified atom stereocenters. The number of hydrogen-bond donors (Lipinski definition) is 1. The van der Waals surface area contributed by atoms with Crippen LogP contribution in [0.4, 0.5) is 10.1 Å². The summed E-state index contributed by atoms with van der Waals surface area (Å²) in [4.78, 5) is 12.7. The second-order valence-corrected chi connectivity index (χ2v) is 5.62. The van der Waals surface area contributed by atoms with Crippen molar-refractivity contribution in [3.8, 4) is 0 Å². The van der Waals surface area contributed by atoms with E-state index >= 15 is 0 Å². The lowest BCUT2D eigenvalue weighted by Gasteiger charge is -2.39. The lowest BCUT2D eigenvalue weighted by Crippen LogP contribution is -2.49. The van der Waals surface area contributed by atoms with Gasteiger partial charge in [0.15, 0.2) is 0 Å². The smallest absolute Gasteiger partial charge is 0.274 e. The fraction of sp³-hybridized carbons (Fsp3) is 0.571. The highest BCUT2D eigenvalue weighted by atomic mass is 19.1. The van der Waals surface area contributed by atoms with Crippen LogP contribution in [0.5, 0.6) is 0 Å². The molecule has 1 heterocycles. The van der Waals surface area contributed by atoms with Gasteiger partial charge in [-0.3, -0.25) is 15.0 Å². The highest BCUT2D eigenvalue weighted by Crippen LogP contribution is 2.26. The van der Waals surface area contributed by atoms with E-state index < -0.39 is 10.7 Å². The van der Waals surface area contributed by atoms with Crippen molar-refractivity contribution in [3.05, 3.63) is 39.7 Å². The Balaban J connectivity index is 2.08. The molecule has 1 aliphatic heterocycles. The fourth-order valence-corrected chi connectivity index (χ4v) is 2.55. The maximum absolute atomic E-state index is 13.3. The third-order valence-corrected chi connectivity index (χ3v) is 4.20. The number of benzene rings is 1. The van der Waals surface area contributed by atoms with E-state index in [1.54, 1.807) is 0 Å². The predicted octanol–water partition coefficient (Wildman–Crippen LogP) is 2.31. The molecule has 0 radical (unpaired) electrons. The minimum absolute atomic E-state index is 0.00616. The summed E-state index contributed by atoms with van der Waals surface area (Å²) in [6.45, 7) is 4.30. The predicted molar refractivity (Wildman–Crippen MR) is 75.0 cm³/mol. The van der Waals surface area contributed by atoms with Crippen LogP contribution in [0.2, 0.25) is 0 Å². The molecule has 6 heteroatoms. The summed E-state index contributed by atoms with van der Waals surface area (Å²) in [6.07, 6.45) is 1.96. The molecule has 1 aromatic carbocycles. The Morgan fingerprint density at radius 3 is 2.65 bits per heavy atom. The number of rotatable bonds is 4. The van der Waals surface area contributed by atoms with Crippen LogP contribution in [-0.2, 0) is 6.54 Å². The van der Waals surface area contributed by atoms with Crippen LogP contribution in [0.3, 0.4) is 0 Å². The van der Waals surface area contributed by atoms with Crippen molar-refractivity contribution in [1.82, 2.24) is 10.2 Å². The van der Waals surface area contributed by atoms with E-state index in [1.165, 1.54) is 12.1 Å². The Morgan fingerprint density at radius 1 is 1.45 bits per heavy atom. The maximum Gasteiger partial charge on any atom is 0.274 e. The number of nitrogens with one attached hydrogen (secondary N) is 1. The summed E-state index contributed by atoms with van der Waals surface area (Å²) < 4.78 is 13.3. The summed E-state index contributed by atoms with van der Waals surface area (Å²) >= 11 is 0. The van der Waals surface area contributed by atoms with Gasteiger partial charge in [-0.05, 0) is 38.9 Å². The van der Waals surface area contributed by atoms with E-state index in [0.29, 0.717) is 12.1 Å². The molecule has 5 nitrogen and oxygen atoms in total. The molecule has 1 saturated heterocycles. The molecule has 20 heavy (non-hydrogen) atoms. The third kappa shape index (κ3) is 3.32. The standard InChI is InChI=1S/C14H20FN3O2/c1-14(16-2)5-7-17(8-6-14)10-11-9-12(15)3-4-13(11)18(19)20/h3-4,9,16H,5-8,10H2,1-2H3. The van der Waals surface area contributed by atoms with Gasteiger partial charge in [0, 0.05) is 36.8 Å². The number of nitrogens with zero attached hydrogens (tertiary/aromatic N) is 2. The van der Waals surface area contributed by atoms with E-state index in [9.17, 15) is 14.5 Å². The van der Waals surface area contributed by atoms with Crippen molar-refractivity contribution in [2.24, 2.45) is 0 Å². The molecular weight excluding hydrogens is 261 g/mol. The van der Waals surface area contributed by atoms with E-state index in [-0.39, 0.29) is 11.2 Å². The van der Waals surface area contributed by atoms with E-state index in [4.69, 9.17) is 0 Å². The zero-order chi connectivity index (χ0) is 14.8. The molecule has 0 aromatic heterocycles. The minimum Gasteiger partial charge on any atom is -0.314 e. The molecule has 1 N–H and O–H groups in total. The highest BCUT2D eigenvalue weighted by Gasteiger charge is 2.29.